The molecule has 1 heterocycles. The molecule has 29 heavy (non-hydrogen) atoms. The molecule has 7 heteroatoms. The molecular weight excluding hydrogens is 388 g/mol. The molecule has 0 radical (unpaired) electrons. The van der Waals surface area contributed by atoms with Gasteiger partial charge in [-0.3, -0.25) is 14.5 Å². The topological polar surface area (TPSA) is 83.6 Å². The van der Waals surface area contributed by atoms with E-state index in [2.05, 4.69) is 11.3 Å². The Balaban J connectivity index is 1.66. The van der Waals surface area contributed by atoms with E-state index in [0.717, 1.165) is 5.56 Å². The zero-order valence-electron chi connectivity index (χ0n) is 16.5. The van der Waals surface area contributed by atoms with E-state index >= 15 is 0 Å². The Morgan fingerprint density at radius 3 is 2.10 bits per heavy atom. The van der Waals surface area contributed by atoms with Crippen LogP contribution in [0, 0.1) is 6.92 Å². The van der Waals surface area contributed by atoms with Crippen LogP contribution in [-0.2, 0) is 10.0 Å². The van der Waals surface area contributed by atoms with E-state index in [-0.39, 0.29) is 23.3 Å². The summed E-state index contributed by atoms with van der Waals surface area (Å²) in [5.74, 6) is -0.654. The molecule has 6 nitrogen and oxygen atoms in total. The molecule has 2 aromatic carbocycles. The lowest BCUT2D eigenvalue weighted by Crippen LogP contribution is -2.37. The quantitative estimate of drug-likeness (QED) is 0.533. The molecule has 1 N–H and O–H groups in total. The van der Waals surface area contributed by atoms with Crippen molar-refractivity contribution in [3.05, 3.63) is 77.4 Å². The molecule has 2 aromatic rings. The van der Waals surface area contributed by atoms with Crippen LogP contribution in [0.1, 0.15) is 46.0 Å². The number of hydrogen-bond acceptors (Lipinski definition) is 4. The van der Waals surface area contributed by atoms with Gasteiger partial charge in [0.2, 0.25) is 10.0 Å². The van der Waals surface area contributed by atoms with Gasteiger partial charge in [0.05, 0.1) is 16.0 Å². The molecule has 1 aliphatic heterocycles. The summed E-state index contributed by atoms with van der Waals surface area (Å²) in [5.41, 5.74) is 2.39. The van der Waals surface area contributed by atoms with Crippen LogP contribution in [0.3, 0.4) is 0 Å². The Hall–Kier alpha value is -2.77. The summed E-state index contributed by atoms with van der Waals surface area (Å²) in [7, 11) is -3.69. The zero-order chi connectivity index (χ0) is 21.2. The highest BCUT2D eigenvalue weighted by Crippen LogP contribution is 2.24. The summed E-state index contributed by atoms with van der Waals surface area (Å²) in [4.78, 5) is 26.3. The third-order valence-corrected chi connectivity index (χ3v) is 6.55. The Morgan fingerprint density at radius 2 is 1.59 bits per heavy atom. The van der Waals surface area contributed by atoms with Gasteiger partial charge >= 0.3 is 0 Å². The first-order valence-corrected chi connectivity index (χ1v) is 10.9. The molecule has 3 rings (SSSR count). The van der Waals surface area contributed by atoms with Gasteiger partial charge in [-0.05, 0) is 44.0 Å². The molecule has 0 bridgehead atoms. The van der Waals surface area contributed by atoms with E-state index in [0.29, 0.717) is 29.5 Å². The first-order valence-electron chi connectivity index (χ1n) is 9.46. The third-order valence-electron chi connectivity index (χ3n) is 5.06. The fourth-order valence-electron chi connectivity index (χ4n) is 3.30. The van der Waals surface area contributed by atoms with Crippen LogP contribution in [0.2, 0.25) is 0 Å². The van der Waals surface area contributed by atoms with E-state index < -0.39 is 16.1 Å². The number of nitrogens with one attached hydrogen (secondary N) is 1. The lowest BCUT2D eigenvalue weighted by Gasteiger charge is -2.22. The van der Waals surface area contributed by atoms with Gasteiger partial charge in [0.1, 0.15) is 0 Å². The molecular formula is C22H24N2O4S. The Labute approximate surface area is 171 Å². The lowest BCUT2D eigenvalue weighted by molar-refractivity contribution is 0.0655. The maximum atomic E-state index is 12.7. The van der Waals surface area contributed by atoms with Crippen LogP contribution in [0.15, 0.2) is 65.6 Å². The number of carbonyl (C=O) groups is 2. The molecule has 0 saturated carbocycles. The standard InChI is InChI=1S/C22H24N2O4S/c1-4-20(23-29(27,28)17-11-9-15(2)10-12-17)16(3)13-14-24-21(25)18-7-5-6-8-19(18)22(24)26/h5-12,20,23H,3-4,13-14H2,1-2H3. The monoisotopic (exact) mass is 412 g/mol. The van der Waals surface area contributed by atoms with Gasteiger partial charge in [-0.2, -0.15) is 0 Å². The summed E-state index contributed by atoms with van der Waals surface area (Å²) in [6, 6.07) is 12.8. The second-order valence-electron chi connectivity index (χ2n) is 7.11. The number of carbonyl (C=O) groups excluding carboxylic acids is 2. The van der Waals surface area contributed by atoms with Crippen LogP contribution < -0.4 is 4.72 Å². The molecule has 1 aliphatic rings. The molecule has 2 amide bonds. The summed E-state index contributed by atoms with van der Waals surface area (Å²) in [5, 5.41) is 0. The SMILES string of the molecule is C=C(CCN1C(=O)c2ccccc2C1=O)C(CC)NS(=O)(=O)c1ccc(C)cc1. The maximum Gasteiger partial charge on any atom is 0.261 e. The predicted octanol–water partition coefficient (Wildman–Crippen LogP) is 3.29. The first kappa shape index (κ1) is 21.0. The maximum absolute atomic E-state index is 12.7. The average Bonchev–Trinajstić information content (AvgIpc) is 2.95. The molecule has 0 aromatic heterocycles. The number of nitrogens with zero attached hydrogens (tertiary/aromatic N) is 1. The van der Waals surface area contributed by atoms with E-state index in [1.54, 1.807) is 48.5 Å². The van der Waals surface area contributed by atoms with Gasteiger partial charge in [-0.1, -0.05) is 48.9 Å². The van der Waals surface area contributed by atoms with Crippen LogP contribution in [0.25, 0.3) is 0 Å². The van der Waals surface area contributed by atoms with Crippen molar-refractivity contribution in [2.45, 2.75) is 37.6 Å². The number of rotatable bonds is 8. The minimum atomic E-state index is -3.69. The molecule has 1 atom stereocenters. The highest BCUT2D eigenvalue weighted by molar-refractivity contribution is 7.89. The zero-order valence-corrected chi connectivity index (χ0v) is 17.3. The first-order chi connectivity index (χ1) is 13.7. The number of benzene rings is 2. The average molecular weight is 413 g/mol. The summed E-state index contributed by atoms with van der Waals surface area (Å²) < 4.78 is 28.0. The summed E-state index contributed by atoms with van der Waals surface area (Å²) >= 11 is 0. The highest BCUT2D eigenvalue weighted by Gasteiger charge is 2.35. The smallest absolute Gasteiger partial charge is 0.261 e. The fraction of sp³-hybridized carbons (Fsp3) is 0.273. The summed E-state index contributed by atoms with van der Waals surface area (Å²) in [6.45, 7) is 7.91. The van der Waals surface area contributed by atoms with E-state index in [9.17, 15) is 18.0 Å². The van der Waals surface area contributed by atoms with Crippen molar-refractivity contribution in [2.24, 2.45) is 0 Å². The van der Waals surface area contributed by atoms with Gasteiger partial charge in [-0.25, -0.2) is 13.1 Å². The summed E-state index contributed by atoms with van der Waals surface area (Å²) in [6.07, 6.45) is 0.826. The Kier molecular flexibility index (Phi) is 6.00. The van der Waals surface area contributed by atoms with Gasteiger partial charge in [0.25, 0.3) is 11.8 Å². The second kappa shape index (κ2) is 8.31. The van der Waals surface area contributed by atoms with Gasteiger partial charge in [0, 0.05) is 12.6 Å². The van der Waals surface area contributed by atoms with Crippen molar-refractivity contribution < 1.29 is 18.0 Å². The molecule has 0 spiro atoms. The van der Waals surface area contributed by atoms with Crippen LogP contribution >= 0.6 is 0 Å². The van der Waals surface area contributed by atoms with E-state index in [1.165, 1.54) is 4.90 Å². The van der Waals surface area contributed by atoms with Gasteiger partial charge in [-0.15, -0.1) is 0 Å². The van der Waals surface area contributed by atoms with Crippen molar-refractivity contribution in [1.82, 2.24) is 9.62 Å². The van der Waals surface area contributed by atoms with Crippen LogP contribution in [0.5, 0.6) is 0 Å². The number of amides is 2. The highest BCUT2D eigenvalue weighted by atomic mass is 32.2. The number of imide groups is 1. The van der Waals surface area contributed by atoms with Crippen LogP contribution in [0.4, 0.5) is 0 Å². The van der Waals surface area contributed by atoms with Crippen LogP contribution in [-0.4, -0.2) is 37.7 Å². The Morgan fingerprint density at radius 1 is 1.03 bits per heavy atom. The number of sulfonamides is 1. The lowest BCUT2D eigenvalue weighted by atomic mass is 10.0. The number of hydrogen-bond donors (Lipinski definition) is 1. The minimum absolute atomic E-state index is 0.161. The molecule has 152 valence electrons. The number of fused-ring (bicyclic) bond motifs is 1. The fourth-order valence-corrected chi connectivity index (χ4v) is 4.64. The molecule has 0 aliphatic carbocycles. The van der Waals surface area contributed by atoms with E-state index in [1.807, 2.05) is 13.8 Å². The molecule has 1 unspecified atom stereocenters. The number of aryl methyl sites for hydroxylation is 1. The van der Waals surface area contributed by atoms with Crippen molar-refractivity contribution in [2.75, 3.05) is 6.54 Å². The minimum Gasteiger partial charge on any atom is -0.274 e. The Bertz CT molecular complexity index is 1020. The van der Waals surface area contributed by atoms with Gasteiger partial charge < -0.3 is 0 Å². The normalized spacial score (nSPS) is 14.8. The van der Waals surface area contributed by atoms with Crippen molar-refractivity contribution in [1.29, 1.82) is 0 Å². The third kappa shape index (κ3) is 4.31. The second-order valence-corrected chi connectivity index (χ2v) is 8.82. The van der Waals surface area contributed by atoms with E-state index in [4.69, 9.17) is 0 Å². The van der Waals surface area contributed by atoms with Gasteiger partial charge in [0.15, 0.2) is 0 Å². The largest absolute Gasteiger partial charge is 0.274 e. The predicted molar refractivity (Wildman–Crippen MR) is 111 cm³/mol. The van der Waals surface area contributed by atoms with Crippen molar-refractivity contribution >= 4 is 21.8 Å². The van der Waals surface area contributed by atoms with Crippen molar-refractivity contribution in [3.63, 3.8) is 0 Å². The molecule has 0 saturated heterocycles. The molecule has 0 fully saturated rings. The van der Waals surface area contributed by atoms with Crippen molar-refractivity contribution in [3.8, 4) is 0 Å².